The van der Waals surface area contributed by atoms with E-state index >= 15 is 0 Å². The first-order chi connectivity index (χ1) is 17.3. The van der Waals surface area contributed by atoms with Crippen LogP contribution in [0.4, 0.5) is 15.8 Å². The summed E-state index contributed by atoms with van der Waals surface area (Å²) >= 11 is 0. The van der Waals surface area contributed by atoms with E-state index in [9.17, 15) is 4.39 Å². The van der Waals surface area contributed by atoms with Gasteiger partial charge < -0.3 is 4.90 Å². The summed E-state index contributed by atoms with van der Waals surface area (Å²) in [4.78, 5) is 20.7. The van der Waals surface area contributed by atoms with E-state index in [1.165, 1.54) is 17.7 Å². The summed E-state index contributed by atoms with van der Waals surface area (Å²) in [5.41, 5.74) is 8.43. The largest absolute Gasteiger partial charge is 0.340 e. The van der Waals surface area contributed by atoms with Crippen LogP contribution in [0.3, 0.4) is 0 Å². The molecule has 0 unspecified atom stereocenters. The maximum atomic E-state index is 14.3. The average molecular weight is 476 g/mol. The monoisotopic (exact) mass is 475 g/mol. The number of aryl methyl sites for hydroxylation is 1. The highest BCUT2D eigenvalue weighted by molar-refractivity contribution is 5.99. The highest BCUT2D eigenvalue weighted by atomic mass is 19.1. The Kier molecular flexibility index (Phi) is 5.07. The SMILES string of the molecule is Cc1nccc(-c2ccc3c(c2)N(c2c(C)c(-c4ccccn4)nc4cc(F)ccc24)CC3(C)C)n1. The topological polar surface area (TPSA) is 54.8 Å². The highest BCUT2D eigenvalue weighted by Crippen LogP contribution is 2.49. The fraction of sp³-hybridized carbons (Fsp3) is 0.200. The predicted octanol–water partition coefficient (Wildman–Crippen LogP) is 6.94. The molecule has 5 aromatic rings. The zero-order chi connectivity index (χ0) is 25.0. The fourth-order valence-electron chi connectivity index (χ4n) is 5.28. The molecule has 0 atom stereocenters. The third kappa shape index (κ3) is 3.61. The number of hydrogen-bond donors (Lipinski definition) is 0. The van der Waals surface area contributed by atoms with Gasteiger partial charge in [0.2, 0.25) is 0 Å². The number of benzene rings is 2. The fourth-order valence-corrected chi connectivity index (χ4v) is 5.28. The van der Waals surface area contributed by atoms with E-state index in [4.69, 9.17) is 4.98 Å². The van der Waals surface area contributed by atoms with E-state index in [1.54, 1.807) is 12.4 Å². The maximum absolute atomic E-state index is 14.3. The lowest BCUT2D eigenvalue weighted by Gasteiger charge is -2.27. The number of anilines is 2. The van der Waals surface area contributed by atoms with Crippen molar-refractivity contribution in [2.75, 3.05) is 11.4 Å². The van der Waals surface area contributed by atoms with Crippen molar-refractivity contribution in [2.24, 2.45) is 0 Å². The van der Waals surface area contributed by atoms with Crippen LogP contribution in [-0.2, 0) is 5.41 Å². The zero-order valence-electron chi connectivity index (χ0n) is 20.7. The summed E-state index contributed by atoms with van der Waals surface area (Å²) in [6.07, 6.45) is 3.55. The van der Waals surface area contributed by atoms with Crippen molar-refractivity contribution in [3.05, 3.63) is 95.8 Å². The van der Waals surface area contributed by atoms with E-state index < -0.39 is 0 Å². The minimum atomic E-state index is -0.305. The van der Waals surface area contributed by atoms with Gasteiger partial charge in [-0.2, -0.15) is 0 Å². The molecular weight excluding hydrogens is 449 g/mol. The molecule has 5 nitrogen and oxygen atoms in total. The standard InChI is InChI=1S/C30H26FN5/c1-18-28(25-7-5-6-13-33-25)35-26-16-21(31)9-10-22(26)29(18)36-17-30(3,4)23-11-8-20(15-27(23)36)24-12-14-32-19(2)34-24/h5-16H,17H2,1-4H3. The lowest BCUT2D eigenvalue weighted by Crippen LogP contribution is -2.25. The van der Waals surface area contributed by atoms with Crippen molar-refractivity contribution in [2.45, 2.75) is 33.1 Å². The molecule has 1 aliphatic heterocycles. The van der Waals surface area contributed by atoms with E-state index in [-0.39, 0.29) is 11.2 Å². The minimum absolute atomic E-state index is 0.0807. The molecule has 0 N–H and O–H groups in total. The summed E-state index contributed by atoms with van der Waals surface area (Å²) in [5.74, 6) is 0.434. The summed E-state index contributed by atoms with van der Waals surface area (Å²) in [6, 6.07) is 19.1. The molecule has 0 bridgehead atoms. The van der Waals surface area contributed by atoms with Crippen molar-refractivity contribution < 1.29 is 4.39 Å². The summed E-state index contributed by atoms with van der Waals surface area (Å²) < 4.78 is 14.3. The van der Waals surface area contributed by atoms with Gasteiger partial charge in [0.1, 0.15) is 11.6 Å². The van der Waals surface area contributed by atoms with Crippen molar-refractivity contribution in [3.8, 4) is 22.6 Å². The van der Waals surface area contributed by atoms with Crippen LogP contribution in [0.25, 0.3) is 33.5 Å². The Hall–Kier alpha value is -4.19. The second-order valence-electron chi connectivity index (χ2n) is 10.0. The average Bonchev–Trinajstić information content (AvgIpc) is 3.14. The molecule has 0 fully saturated rings. The van der Waals surface area contributed by atoms with Crippen LogP contribution in [-0.4, -0.2) is 26.5 Å². The van der Waals surface area contributed by atoms with Gasteiger partial charge in [-0.15, -0.1) is 0 Å². The van der Waals surface area contributed by atoms with E-state index in [0.717, 1.165) is 57.3 Å². The molecule has 178 valence electrons. The third-order valence-electron chi connectivity index (χ3n) is 6.98. The summed E-state index contributed by atoms with van der Waals surface area (Å²) in [7, 11) is 0. The predicted molar refractivity (Wildman–Crippen MR) is 142 cm³/mol. The first-order valence-electron chi connectivity index (χ1n) is 12.1. The summed E-state index contributed by atoms with van der Waals surface area (Å²) in [5, 5.41) is 0.917. The van der Waals surface area contributed by atoms with Gasteiger partial charge in [0, 0.05) is 52.6 Å². The molecule has 4 heterocycles. The Labute approximate surface area is 209 Å². The molecular formula is C30H26FN5. The van der Waals surface area contributed by atoms with Crippen molar-refractivity contribution >= 4 is 22.3 Å². The molecule has 6 rings (SSSR count). The zero-order valence-corrected chi connectivity index (χ0v) is 20.7. The van der Waals surface area contributed by atoms with Gasteiger partial charge >= 0.3 is 0 Å². The van der Waals surface area contributed by atoms with Gasteiger partial charge in [-0.25, -0.2) is 19.3 Å². The molecule has 3 aromatic heterocycles. The third-order valence-corrected chi connectivity index (χ3v) is 6.98. The van der Waals surface area contributed by atoms with Crippen LogP contribution >= 0.6 is 0 Å². The van der Waals surface area contributed by atoms with Crippen LogP contribution in [0.15, 0.2) is 73.1 Å². The van der Waals surface area contributed by atoms with Gasteiger partial charge in [-0.1, -0.05) is 32.0 Å². The number of rotatable bonds is 3. The quantitative estimate of drug-likeness (QED) is 0.283. The first-order valence-corrected chi connectivity index (χ1v) is 12.1. The van der Waals surface area contributed by atoms with Crippen LogP contribution in [0.5, 0.6) is 0 Å². The first kappa shape index (κ1) is 22.3. The van der Waals surface area contributed by atoms with Gasteiger partial charge in [-0.05, 0) is 55.8 Å². The van der Waals surface area contributed by atoms with Gasteiger partial charge in [0.15, 0.2) is 0 Å². The molecule has 2 aromatic carbocycles. The normalized spacial score (nSPS) is 14.3. The van der Waals surface area contributed by atoms with Crippen molar-refractivity contribution in [3.63, 3.8) is 0 Å². The number of nitrogens with zero attached hydrogens (tertiary/aromatic N) is 5. The van der Waals surface area contributed by atoms with E-state index in [1.807, 2.05) is 37.3 Å². The highest BCUT2D eigenvalue weighted by Gasteiger charge is 2.37. The number of halogens is 1. The Morgan fingerprint density at radius 2 is 1.72 bits per heavy atom. The number of fused-ring (bicyclic) bond motifs is 2. The van der Waals surface area contributed by atoms with Crippen LogP contribution < -0.4 is 4.90 Å². The van der Waals surface area contributed by atoms with E-state index in [0.29, 0.717) is 5.52 Å². The Bertz CT molecular complexity index is 1630. The number of aromatic nitrogens is 4. The lowest BCUT2D eigenvalue weighted by atomic mass is 9.86. The van der Waals surface area contributed by atoms with Crippen LogP contribution in [0, 0.1) is 19.7 Å². The summed E-state index contributed by atoms with van der Waals surface area (Å²) in [6.45, 7) is 9.29. The van der Waals surface area contributed by atoms with Gasteiger partial charge in [0.25, 0.3) is 0 Å². The molecule has 0 amide bonds. The molecule has 0 saturated heterocycles. The van der Waals surface area contributed by atoms with Gasteiger partial charge in [0.05, 0.1) is 28.3 Å². The number of pyridine rings is 2. The molecule has 0 radical (unpaired) electrons. The smallest absolute Gasteiger partial charge is 0.125 e. The molecule has 0 saturated carbocycles. The second kappa shape index (κ2) is 8.19. The Balaban J connectivity index is 1.62. The molecule has 36 heavy (non-hydrogen) atoms. The van der Waals surface area contributed by atoms with Crippen LogP contribution in [0.2, 0.25) is 0 Å². The lowest BCUT2D eigenvalue weighted by molar-refractivity contribution is 0.569. The Morgan fingerprint density at radius 3 is 2.50 bits per heavy atom. The van der Waals surface area contributed by atoms with Crippen molar-refractivity contribution in [1.82, 2.24) is 19.9 Å². The van der Waals surface area contributed by atoms with Crippen LogP contribution in [0.1, 0.15) is 30.8 Å². The van der Waals surface area contributed by atoms with Gasteiger partial charge in [-0.3, -0.25) is 4.98 Å². The number of hydrogen-bond acceptors (Lipinski definition) is 5. The molecule has 6 heteroatoms. The molecule has 1 aliphatic rings. The Morgan fingerprint density at radius 1 is 0.861 bits per heavy atom. The van der Waals surface area contributed by atoms with Crippen molar-refractivity contribution in [1.29, 1.82) is 0 Å². The molecule has 0 aliphatic carbocycles. The maximum Gasteiger partial charge on any atom is 0.125 e. The second-order valence-corrected chi connectivity index (χ2v) is 10.0. The minimum Gasteiger partial charge on any atom is -0.340 e. The molecule has 0 spiro atoms. The van der Waals surface area contributed by atoms with E-state index in [2.05, 4.69) is 58.8 Å².